The van der Waals surface area contributed by atoms with E-state index in [0.29, 0.717) is 6.10 Å². The summed E-state index contributed by atoms with van der Waals surface area (Å²) in [7, 11) is 0. The number of nitrogens with zero attached hydrogens (tertiary/aromatic N) is 1. The molecule has 0 unspecified atom stereocenters. The van der Waals surface area contributed by atoms with E-state index in [4.69, 9.17) is 4.74 Å². The van der Waals surface area contributed by atoms with Crippen molar-refractivity contribution in [1.29, 1.82) is 0 Å². The van der Waals surface area contributed by atoms with Crippen molar-refractivity contribution in [2.75, 3.05) is 19.6 Å². The van der Waals surface area contributed by atoms with Gasteiger partial charge in [-0.1, -0.05) is 0 Å². The number of ether oxygens (including phenoxy) is 1. The van der Waals surface area contributed by atoms with Gasteiger partial charge in [0.2, 0.25) is 0 Å². The van der Waals surface area contributed by atoms with Gasteiger partial charge in [0.1, 0.15) is 5.75 Å². The molecule has 2 fully saturated rings. The number of nitrogens with one attached hydrogen (secondary N) is 1. The van der Waals surface area contributed by atoms with Crippen LogP contribution in [0.15, 0.2) is 24.3 Å². The average molecular weight is 311 g/mol. The second kappa shape index (κ2) is 7.14. The lowest BCUT2D eigenvalue weighted by atomic mass is 9.96. The summed E-state index contributed by atoms with van der Waals surface area (Å²) in [6.45, 7) is 4.60. The molecule has 116 valence electrons. The van der Waals surface area contributed by atoms with Crippen LogP contribution < -0.4 is 10.1 Å². The van der Waals surface area contributed by atoms with Crippen LogP contribution in [0.1, 0.15) is 36.5 Å². The zero-order valence-corrected chi connectivity index (χ0v) is 13.2. The van der Waals surface area contributed by atoms with Crippen molar-refractivity contribution < 1.29 is 9.53 Å². The zero-order chi connectivity index (χ0) is 13.9. The molecule has 1 aliphatic heterocycles. The van der Waals surface area contributed by atoms with Crippen molar-refractivity contribution in [2.24, 2.45) is 0 Å². The Hall–Kier alpha value is -1.26. The van der Waals surface area contributed by atoms with Crippen LogP contribution in [0, 0.1) is 0 Å². The predicted octanol–water partition coefficient (Wildman–Crippen LogP) is 2.47. The second-order valence-corrected chi connectivity index (χ2v) is 5.75. The van der Waals surface area contributed by atoms with Crippen molar-refractivity contribution in [1.82, 2.24) is 10.2 Å². The van der Waals surface area contributed by atoms with Crippen molar-refractivity contribution in [2.45, 2.75) is 38.3 Å². The number of amides is 1. The molecule has 1 aromatic rings. The smallest absolute Gasteiger partial charge is 0.254 e. The van der Waals surface area contributed by atoms with E-state index in [2.05, 4.69) is 12.2 Å². The molecule has 1 saturated carbocycles. The number of hydrogen-bond acceptors (Lipinski definition) is 3. The van der Waals surface area contributed by atoms with Crippen molar-refractivity contribution >= 4 is 18.3 Å². The lowest BCUT2D eigenvalue weighted by molar-refractivity contribution is 0.0655. The van der Waals surface area contributed by atoms with Crippen LogP contribution in [0.5, 0.6) is 5.75 Å². The van der Waals surface area contributed by atoms with Crippen molar-refractivity contribution in [3.05, 3.63) is 29.8 Å². The predicted molar refractivity (Wildman–Crippen MR) is 85.3 cm³/mol. The third-order valence-corrected chi connectivity index (χ3v) is 4.22. The Kier molecular flexibility index (Phi) is 5.48. The Bertz CT molecular complexity index is 474. The number of rotatable bonds is 3. The first kappa shape index (κ1) is 16.1. The summed E-state index contributed by atoms with van der Waals surface area (Å²) in [4.78, 5) is 14.4. The zero-order valence-electron chi connectivity index (χ0n) is 12.4. The summed E-state index contributed by atoms with van der Waals surface area (Å²) in [6, 6.07) is 7.84. The molecular weight excluding hydrogens is 288 g/mol. The number of hydrogen-bond donors (Lipinski definition) is 1. The van der Waals surface area contributed by atoms with Crippen molar-refractivity contribution in [3.63, 3.8) is 0 Å². The van der Waals surface area contributed by atoms with Gasteiger partial charge in [-0.05, 0) is 50.5 Å². The maximum absolute atomic E-state index is 12.5. The molecule has 3 rings (SSSR count). The second-order valence-electron chi connectivity index (χ2n) is 5.75. The van der Waals surface area contributed by atoms with E-state index in [9.17, 15) is 4.79 Å². The van der Waals surface area contributed by atoms with Gasteiger partial charge in [0.05, 0.1) is 6.10 Å². The summed E-state index contributed by atoms with van der Waals surface area (Å²) < 4.78 is 5.82. The average Bonchev–Trinajstić information content (AvgIpc) is 2.43. The molecule has 2 aliphatic rings. The van der Waals surface area contributed by atoms with E-state index in [1.807, 2.05) is 29.2 Å². The van der Waals surface area contributed by atoms with E-state index in [1.54, 1.807) is 0 Å². The SMILES string of the molecule is C[C@@H]1CNCCN1C(=O)c1ccc(OC2CCC2)cc1.Cl. The summed E-state index contributed by atoms with van der Waals surface area (Å²) in [6.07, 6.45) is 3.95. The highest BCUT2D eigenvalue weighted by Gasteiger charge is 2.24. The van der Waals surface area contributed by atoms with Crippen LogP contribution >= 0.6 is 12.4 Å². The molecule has 1 N–H and O–H groups in total. The number of benzene rings is 1. The molecule has 4 nitrogen and oxygen atoms in total. The minimum Gasteiger partial charge on any atom is -0.490 e. The molecule has 1 aliphatic carbocycles. The summed E-state index contributed by atoms with van der Waals surface area (Å²) >= 11 is 0. The molecule has 5 heteroatoms. The molecule has 1 aromatic carbocycles. The normalized spacial score (nSPS) is 22.1. The Morgan fingerprint density at radius 2 is 2.00 bits per heavy atom. The van der Waals surface area contributed by atoms with Crippen LogP contribution in [0.2, 0.25) is 0 Å². The van der Waals surface area contributed by atoms with Crippen molar-refractivity contribution in [3.8, 4) is 5.75 Å². The maximum atomic E-state index is 12.5. The number of carbonyl (C=O) groups excluding carboxylic acids is 1. The monoisotopic (exact) mass is 310 g/mol. The lowest BCUT2D eigenvalue weighted by Gasteiger charge is -2.34. The highest BCUT2D eigenvalue weighted by Crippen LogP contribution is 2.25. The molecule has 1 saturated heterocycles. The lowest BCUT2D eigenvalue weighted by Crippen LogP contribution is -2.52. The first-order valence-corrected chi connectivity index (χ1v) is 7.52. The first-order chi connectivity index (χ1) is 9.74. The highest BCUT2D eigenvalue weighted by atomic mass is 35.5. The van der Waals surface area contributed by atoms with Crippen LogP contribution in [0.4, 0.5) is 0 Å². The van der Waals surface area contributed by atoms with Gasteiger partial charge in [-0.2, -0.15) is 0 Å². The van der Waals surface area contributed by atoms with Crippen LogP contribution in [-0.2, 0) is 0 Å². The largest absolute Gasteiger partial charge is 0.490 e. The quantitative estimate of drug-likeness (QED) is 0.932. The van der Waals surface area contributed by atoms with E-state index in [0.717, 1.165) is 43.8 Å². The molecule has 0 radical (unpaired) electrons. The fourth-order valence-corrected chi connectivity index (χ4v) is 2.67. The summed E-state index contributed by atoms with van der Waals surface area (Å²) in [5.41, 5.74) is 0.750. The van der Waals surface area contributed by atoms with E-state index >= 15 is 0 Å². The Morgan fingerprint density at radius 3 is 2.57 bits per heavy atom. The van der Waals surface area contributed by atoms with Crippen LogP contribution in [0.25, 0.3) is 0 Å². The Morgan fingerprint density at radius 1 is 1.29 bits per heavy atom. The van der Waals surface area contributed by atoms with Gasteiger partial charge >= 0.3 is 0 Å². The van der Waals surface area contributed by atoms with Crippen LogP contribution in [0.3, 0.4) is 0 Å². The molecule has 1 amide bonds. The fourth-order valence-electron chi connectivity index (χ4n) is 2.67. The van der Waals surface area contributed by atoms with Gasteiger partial charge in [-0.15, -0.1) is 12.4 Å². The fraction of sp³-hybridized carbons (Fsp3) is 0.562. The third-order valence-electron chi connectivity index (χ3n) is 4.22. The molecule has 0 bridgehead atoms. The summed E-state index contributed by atoms with van der Waals surface area (Å²) in [5.74, 6) is 0.994. The Balaban J connectivity index is 0.00000161. The number of piperazine rings is 1. The van der Waals surface area contributed by atoms with E-state index in [-0.39, 0.29) is 24.4 Å². The van der Waals surface area contributed by atoms with Gasteiger partial charge in [0.15, 0.2) is 0 Å². The van der Waals surface area contributed by atoms with Gasteiger partial charge in [-0.25, -0.2) is 0 Å². The van der Waals surface area contributed by atoms with E-state index < -0.39 is 0 Å². The number of halogens is 1. The summed E-state index contributed by atoms with van der Waals surface area (Å²) in [5, 5.41) is 3.30. The minimum atomic E-state index is 0. The number of carbonyl (C=O) groups is 1. The standard InChI is InChI=1S/C16H22N2O2.ClH/c1-12-11-17-9-10-18(12)16(19)13-5-7-15(8-6-13)20-14-3-2-4-14;/h5-8,12,14,17H,2-4,9-11H2,1H3;1H/t12-;/m1./s1. The third kappa shape index (κ3) is 3.69. The maximum Gasteiger partial charge on any atom is 0.254 e. The van der Waals surface area contributed by atoms with Gasteiger partial charge in [0.25, 0.3) is 5.91 Å². The minimum absolute atomic E-state index is 0. The Labute approximate surface area is 132 Å². The molecule has 1 heterocycles. The van der Waals surface area contributed by atoms with Crippen LogP contribution in [-0.4, -0.2) is 42.6 Å². The molecule has 0 aromatic heterocycles. The first-order valence-electron chi connectivity index (χ1n) is 7.52. The van der Waals surface area contributed by atoms with Gasteiger partial charge in [-0.3, -0.25) is 4.79 Å². The van der Waals surface area contributed by atoms with Gasteiger partial charge in [0, 0.05) is 31.2 Å². The van der Waals surface area contributed by atoms with E-state index in [1.165, 1.54) is 6.42 Å². The molecule has 21 heavy (non-hydrogen) atoms. The molecular formula is C16H23ClN2O2. The topological polar surface area (TPSA) is 41.6 Å². The van der Waals surface area contributed by atoms with Gasteiger partial charge < -0.3 is 15.0 Å². The molecule has 0 spiro atoms. The highest BCUT2D eigenvalue weighted by molar-refractivity contribution is 5.94. The molecule has 1 atom stereocenters.